The van der Waals surface area contributed by atoms with Crippen molar-refractivity contribution in [1.82, 2.24) is 4.90 Å². The molecule has 3 N–H and O–H groups in total. The standard InChI is InChI=1S/C21H27N3OS/c1-21(2)15-24(13-12-19(21)22)14-20(25)23-17-10-6-7-11-18(17)26-16-8-4-3-5-9-16/h3-11,19H,12-15,22H2,1-2H3,(H,23,25). The van der Waals surface area contributed by atoms with Gasteiger partial charge in [-0.25, -0.2) is 0 Å². The number of carbonyl (C=O) groups excluding carboxylic acids is 1. The summed E-state index contributed by atoms with van der Waals surface area (Å²) in [6.45, 7) is 6.47. The number of nitrogens with two attached hydrogens (primary N) is 1. The molecule has 1 fully saturated rings. The summed E-state index contributed by atoms with van der Waals surface area (Å²) in [4.78, 5) is 17.0. The molecule has 1 heterocycles. The molecule has 0 radical (unpaired) electrons. The summed E-state index contributed by atoms with van der Waals surface area (Å²) >= 11 is 1.66. The monoisotopic (exact) mass is 369 g/mol. The van der Waals surface area contributed by atoms with Crippen molar-refractivity contribution >= 4 is 23.4 Å². The van der Waals surface area contributed by atoms with Gasteiger partial charge in [-0.3, -0.25) is 9.69 Å². The summed E-state index contributed by atoms with van der Waals surface area (Å²) in [6.07, 6.45) is 0.931. The number of benzene rings is 2. The van der Waals surface area contributed by atoms with Gasteiger partial charge in [0.25, 0.3) is 0 Å². The summed E-state index contributed by atoms with van der Waals surface area (Å²) in [7, 11) is 0. The second-order valence-corrected chi connectivity index (χ2v) is 8.67. The van der Waals surface area contributed by atoms with Gasteiger partial charge in [-0.1, -0.05) is 55.9 Å². The maximum atomic E-state index is 12.6. The van der Waals surface area contributed by atoms with Gasteiger partial charge in [0.2, 0.25) is 5.91 Å². The van der Waals surface area contributed by atoms with Crippen LogP contribution in [0.4, 0.5) is 5.69 Å². The molecular weight excluding hydrogens is 342 g/mol. The lowest BCUT2D eigenvalue weighted by Gasteiger charge is -2.42. The molecule has 0 aliphatic carbocycles. The van der Waals surface area contributed by atoms with E-state index in [0.717, 1.165) is 35.0 Å². The van der Waals surface area contributed by atoms with Gasteiger partial charge in [0.15, 0.2) is 0 Å². The average molecular weight is 370 g/mol. The summed E-state index contributed by atoms with van der Waals surface area (Å²) in [5.74, 6) is 0.0254. The van der Waals surface area contributed by atoms with Crippen LogP contribution < -0.4 is 11.1 Å². The largest absolute Gasteiger partial charge is 0.327 e. The molecule has 26 heavy (non-hydrogen) atoms. The lowest BCUT2D eigenvalue weighted by Crippen LogP contribution is -2.53. The van der Waals surface area contributed by atoms with Gasteiger partial charge in [0, 0.05) is 28.9 Å². The predicted molar refractivity (Wildman–Crippen MR) is 108 cm³/mol. The van der Waals surface area contributed by atoms with Crippen molar-refractivity contribution in [2.45, 2.75) is 36.1 Å². The van der Waals surface area contributed by atoms with Gasteiger partial charge in [-0.2, -0.15) is 0 Å². The van der Waals surface area contributed by atoms with E-state index in [9.17, 15) is 4.79 Å². The van der Waals surface area contributed by atoms with Crippen LogP contribution in [0.5, 0.6) is 0 Å². The Balaban J connectivity index is 1.63. The van der Waals surface area contributed by atoms with E-state index in [-0.39, 0.29) is 17.4 Å². The van der Waals surface area contributed by atoms with Crippen LogP contribution in [0.3, 0.4) is 0 Å². The van der Waals surface area contributed by atoms with Crippen molar-refractivity contribution in [3.8, 4) is 0 Å². The van der Waals surface area contributed by atoms with Crippen LogP contribution in [-0.2, 0) is 4.79 Å². The molecule has 1 atom stereocenters. The molecule has 0 spiro atoms. The number of carbonyl (C=O) groups is 1. The molecule has 1 saturated heterocycles. The molecular formula is C21H27N3OS. The molecule has 4 nitrogen and oxygen atoms in total. The molecule has 1 aliphatic rings. The van der Waals surface area contributed by atoms with Crippen LogP contribution in [0.15, 0.2) is 64.4 Å². The molecule has 0 bridgehead atoms. The summed E-state index contributed by atoms with van der Waals surface area (Å²) in [6, 6.07) is 18.3. The normalized spacial score (nSPS) is 19.9. The smallest absolute Gasteiger partial charge is 0.238 e. The van der Waals surface area contributed by atoms with Gasteiger partial charge >= 0.3 is 0 Å². The lowest BCUT2D eigenvalue weighted by atomic mass is 9.80. The molecule has 0 aromatic heterocycles. The molecule has 138 valence electrons. The topological polar surface area (TPSA) is 58.4 Å². The van der Waals surface area contributed by atoms with Crippen molar-refractivity contribution < 1.29 is 4.79 Å². The second-order valence-electron chi connectivity index (χ2n) is 7.55. The van der Waals surface area contributed by atoms with Crippen LogP contribution in [0.1, 0.15) is 20.3 Å². The molecule has 2 aromatic rings. The third-order valence-corrected chi connectivity index (χ3v) is 5.97. The molecule has 1 aliphatic heterocycles. The third-order valence-electron chi connectivity index (χ3n) is 4.89. The number of rotatable bonds is 5. The number of likely N-dealkylation sites (tertiary alicyclic amines) is 1. The van der Waals surface area contributed by atoms with E-state index in [4.69, 9.17) is 5.73 Å². The van der Waals surface area contributed by atoms with Crippen molar-refractivity contribution in [3.05, 3.63) is 54.6 Å². The predicted octanol–water partition coefficient (Wildman–Crippen LogP) is 3.84. The first-order chi connectivity index (χ1) is 12.4. The van der Waals surface area contributed by atoms with E-state index in [1.807, 2.05) is 42.5 Å². The first-order valence-electron chi connectivity index (χ1n) is 9.04. The fourth-order valence-corrected chi connectivity index (χ4v) is 4.21. The van der Waals surface area contributed by atoms with Crippen molar-refractivity contribution in [3.63, 3.8) is 0 Å². The van der Waals surface area contributed by atoms with Gasteiger partial charge in [0.1, 0.15) is 0 Å². The van der Waals surface area contributed by atoms with Crippen LogP contribution in [0.2, 0.25) is 0 Å². The summed E-state index contributed by atoms with van der Waals surface area (Å²) < 4.78 is 0. The lowest BCUT2D eigenvalue weighted by molar-refractivity contribution is -0.118. The minimum atomic E-state index is 0.0254. The number of hydrogen-bond acceptors (Lipinski definition) is 4. The zero-order valence-electron chi connectivity index (χ0n) is 15.4. The van der Waals surface area contributed by atoms with Gasteiger partial charge in [0.05, 0.1) is 12.2 Å². The maximum absolute atomic E-state index is 12.6. The van der Waals surface area contributed by atoms with Crippen molar-refractivity contribution in [1.29, 1.82) is 0 Å². The number of nitrogens with zero attached hydrogens (tertiary/aromatic N) is 1. The number of hydrogen-bond donors (Lipinski definition) is 2. The molecule has 1 amide bonds. The summed E-state index contributed by atoms with van der Waals surface area (Å²) in [5.41, 5.74) is 7.09. The highest BCUT2D eigenvalue weighted by atomic mass is 32.2. The molecule has 0 saturated carbocycles. The Bertz CT molecular complexity index is 748. The van der Waals surface area contributed by atoms with E-state index in [0.29, 0.717) is 6.54 Å². The van der Waals surface area contributed by atoms with Crippen LogP contribution in [0.25, 0.3) is 0 Å². The maximum Gasteiger partial charge on any atom is 0.238 e. The number of anilines is 1. The minimum absolute atomic E-state index is 0.0254. The van der Waals surface area contributed by atoms with E-state index in [1.54, 1.807) is 11.8 Å². The van der Waals surface area contributed by atoms with Crippen molar-refractivity contribution in [2.24, 2.45) is 11.1 Å². The van der Waals surface area contributed by atoms with Crippen molar-refractivity contribution in [2.75, 3.05) is 25.0 Å². The first-order valence-corrected chi connectivity index (χ1v) is 9.85. The number of para-hydroxylation sites is 1. The fourth-order valence-electron chi connectivity index (χ4n) is 3.29. The number of piperidine rings is 1. The van der Waals surface area contributed by atoms with Gasteiger partial charge < -0.3 is 11.1 Å². The SMILES string of the molecule is CC1(C)CN(CC(=O)Nc2ccccc2Sc2ccccc2)CCC1N. The van der Waals surface area contributed by atoms with E-state index >= 15 is 0 Å². The Morgan fingerprint density at radius 1 is 1.19 bits per heavy atom. The average Bonchev–Trinajstić information content (AvgIpc) is 2.60. The van der Waals surface area contributed by atoms with E-state index in [2.05, 4.69) is 36.2 Å². The Morgan fingerprint density at radius 3 is 2.62 bits per heavy atom. The highest BCUT2D eigenvalue weighted by molar-refractivity contribution is 7.99. The molecule has 5 heteroatoms. The molecule has 1 unspecified atom stereocenters. The Hall–Kier alpha value is -1.82. The number of nitrogens with one attached hydrogen (secondary N) is 1. The quantitative estimate of drug-likeness (QED) is 0.841. The Labute approximate surface area is 160 Å². The summed E-state index contributed by atoms with van der Waals surface area (Å²) in [5, 5.41) is 3.08. The number of amides is 1. The third kappa shape index (κ3) is 4.87. The van der Waals surface area contributed by atoms with Crippen LogP contribution in [-0.4, -0.2) is 36.5 Å². The van der Waals surface area contributed by atoms with Gasteiger partial charge in [-0.05, 0) is 36.1 Å². The van der Waals surface area contributed by atoms with E-state index in [1.165, 1.54) is 0 Å². The highest BCUT2D eigenvalue weighted by Gasteiger charge is 2.33. The fraction of sp³-hybridized carbons (Fsp3) is 0.381. The van der Waals surface area contributed by atoms with Crippen LogP contribution >= 0.6 is 11.8 Å². The second kappa shape index (κ2) is 8.25. The Kier molecular flexibility index (Phi) is 6.01. The minimum Gasteiger partial charge on any atom is -0.327 e. The van der Waals surface area contributed by atoms with Gasteiger partial charge in [-0.15, -0.1) is 0 Å². The highest BCUT2D eigenvalue weighted by Crippen LogP contribution is 2.33. The van der Waals surface area contributed by atoms with Crippen LogP contribution in [0, 0.1) is 5.41 Å². The zero-order valence-corrected chi connectivity index (χ0v) is 16.3. The molecule has 3 rings (SSSR count). The van der Waals surface area contributed by atoms with E-state index < -0.39 is 0 Å². The molecule has 2 aromatic carbocycles. The Morgan fingerprint density at radius 2 is 1.88 bits per heavy atom. The zero-order chi connectivity index (χ0) is 18.6. The first kappa shape index (κ1) is 19.0.